The van der Waals surface area contributed by atoms with E-state index in [4.69, 9.17) is 19.7 Å². The van der Waals surface area contributed by atoms with E-state index in [1.165, 1.54) is 22.7 Å². The van der Waals surface area contributed by atoms with E-state index in [9.17, 15) is 9.59 Å². The fraction of sp³-hybridized carbons (Fsp3) is 0.118. The molecule has 0 radical (unpaired) electrons. The molecule has 7 nitrogen and oxygen atoms in total. The molecule has 1 atom stereocenters. The molecular weight excluding hydrogens is 658 g/mol. The maximum atomic E-state index is 14.0. The van der Waals surface area contributed by atoms with Crippen molar-refractivity contribution in [3.63, 3.8) is 0 Å². The van der Waals surface area contributed by atoms with Crippen molar-refractivity contribution in [3.8, 4) is 11.8 Å². The topological polar surface area (TPSA) is 93.7 Å². The van der Waals surface area contributed by atoms with Crippen molar-refractivity contribution in [1.82, 2.24) is 4.57 Å². The van der Waals surface area contributed by atoms with Gasteiger partial charge >= 0.3 is 5.97 Å². The van der Waals surface area contributed by atoms with E-state index in [-0.39, 0.29) is 12.2 Å². The van der Waals surface area contributed by atoms with Crippen LogP contribution in [0.5, 0.6) is 5.75 Å². The molecule has 218 valence electrons. The highest BCUT2D eigenvalue weighted by Gasteiger charge is 2.35. The minimum atomic E-state index is -0.674. The molecule has 10 heteroatoms. The quantitative estimate of drug-likeness (QED) is 0.182. The summed E-state index contributed by atoms with van der Waals surface area (Å²) in [6.07, 6.45) is 1.82. The number of thiazole rings is 1. The van der Waals surface area contributed by atoms with E-state index in [0.717, 1.165) is 26.0 Å². The molecule has 0 spiro atoms. The number of carbonyl (C=O) groups excluding carboxylic acids is 1. The Labute approximate surface area is 269 Å². The summed E-state index contributed by atoms with van der Waals surface area (Å²) < 4.78 is 14.3. The minimum absolute atomic E-state index is 0.202. The predicted octanol–water partition coefficient (Wildman–Crippen LogP) is 6.21. The van der Waals surface area contributed by atoms with E-state index in [1.807, 2.05) is 84.3 Å². The summed E-state index contributed by atoms with van der Waals surface area (Å²) in [6, 6.07) is 27.6. The van der Waals surface area contributed by atoms with Crippen LogP contribution in [0.15, 0.2) is 110 Å². The summed E-state index contributed by atoms with van der Waals surface area (Å²) >= 11 is 6.35. The number of aromatic nitrogens is 1. The maximum Gasteiger partial charge on any atom is 0.338 e. The van der Waals surface area contributed by atoms with Crippen LogP contribution in [0.2, 0.25) is 0 Å². The van der Waals surface area contributed by atoms with Gasteiger partial charge in [0.15, 0.2) is 4.80 Å². The number of halogens is 1. The Balaban J connectivity index is 1.40. The van der Waals surface area contributed by atoms with Crippen LogP contribution in [0.3, 0.4) is 0 Å². The molecule has 0 amide bonds. The van der Waals surface area contributed by atoms with Gasteiger partial charge < -0.3 is 9.47 Å². The number of fused-ring (bicyclic) bond motifs is 1. The van der Waals surface area contributed by atoms with Crippen LogP contribution < -0.4 is 19.6 Å². The SMILES string of the molecule is CCOC(=O)C1=C(c2ccccc2)N=c2s/c(=C\c3ccc(OCc4ccc(C#N)cc4)c(Br)c3)c(=O)n2[C@H]1c1cccs1. The summed E-state index contributed by atoms with van der Waals surface area (Å²) in [7, 11) is 0. The third kappa shape index (κ3) is 5.95. The highest BCUT2D eigenvalue weighted by molar-refractivity contribution is 9.10. The Morgan fingerprint density at radius 2 is 1.89 bits per heavy atom. The van der Waals surface area contributed by atoms with Crippen LogP contribution in [0, 0.1) is 11.3 Å². The summed E-state index contributed by atoms with van der Waals surface area (Å²) in [5, 5.41) is 10.9. The molecule has 0 aliphatic carbocycles. The van der Waals surface area contributed by atoms with Crippen molar-refractivity contribution in [2.75, 3.05) is 6.61 Å². The van der Waals surface area contributed by atoms with Crippen molar-refractivity contribution in [2.24, 2.45) is 4.99 Å². The van der Waals surface area contributed by atoms with E-state index in [2.05, 4.69) is 22.0 Å². The molecule has 2 aromatic heterocycles. The Bertz CT molecular complexity index is 2090. The van der Waals surface area contributed by atoms with Crippen molar-refractivity contribution in [3.05, 3.63) is 147 Å². The highest BCUT2D eigenvalue weighted by Crippen LogP contribution is 2.37. The van der Waals surface area contributed by atoms with Crippen LogP contribution >= 0.6 is 38.6 Å². The smallest absolute Gasteiger partial charge is 0.338 e. The molecule has 1 aliphatic heterocycles. The lowest BCUT2D eigenvalue weighted by atomic mass is 9.97. The number of hydrogen-bond acceptors (Lipinski definition) is 8. The van der Waals surface area contributed by atoms with Gasteiger partial charge in [-0.25, -0.2) is 9.79 Å². The van der Waals surface area contributed by atoms with Crippen molar-refractivity contribution in [1.29, 1.82) is 5.26 Å². The van der Waals surface area contributed by atoms with Gasteiger partial charge in [-0.05, 0) is 75.8 Å². The Hall–Kier alpha value is -4.56. The lowest BCUT2D eigenvalue weighted by Gasteiger charge is -2.24. The van der Waals surface area contributed by atoms with Gasteiger partial charge in [0.1, 0.15) is 18.4 Å². The molecule has 3 heterocycles. The lowest BCUT2D eigenvalue weighted by molar-refractivity contribution is -0.138. The first kappa shape index (κ1) is 29.5. The predicted molar refractivity (Wildman–Crippen MR) is 175 cm³/mol. The van der Waals surface area contributed by atoms with E-state index in [1.54, 1.807) is 23.6 Å². The Kier molecular flexibility index (Phi) is 8.70. The lowest BCUT2D eigenvalue weighted by Crippen LogP contribution is -2.39. The van der Waals surface area contributed by atoms with Gasteiger partial charge in [0, 0.05) is 10.4 Å². The third-order valence-electron chi connectivity index (χ3n) is 6.92. The largest absolute Gasteiger partial charge is 0.488 e. The number of nitriles is 1. The van der Waals surface area contributed by atoms with E-state index in [0.29, 0.717) is 38.5 Å². The molecule has 0 saturated heterocycles. The number of nitrogens with zero attached hydrogens (tertiary/aromatic N) is 3. The molecule has 3 aromatic carbocycles. The number of thiophene rings is 1. The molecule has 0 N–H and O–H groups in total. The fourth-order valence-electron chi connectivity index (χ4n) is 4.87. The maximum absolute atomic E-state index is 14.0. The molecule has 0 fully saturated rings. The first-order valence-corrected chi connectivity index (χ1v) is 16.2. The van der Waals surface area contributed by atoms with Crippen LogP contribution in [-0.2, 0) is 16.1 Å². The molecule has 0 saturated carbocycles. The van der Waals surface area contributed by atoms with E-state index >= 15 is 0 Å². The second-order valence-electron chi connectivity index (χ2n) is 9.73. The van der Waals surface area contributed by atoms with Gasteiger partial charge in [-0.1, -0.05) is 65.9 Å². The molecule has 44 heavy (non-hydrogen) atoms. The zero-order valence-electron chi connectivity index (χ0n) is 23.4. The zero-order chi connectivity index (χ0) is 30.6. The Morgan fingerprint density at radius 3 is 2.57 bits per heavy atom. The number of esters is 1. The van der Waals surface area contributed by atoms with Crippen LogP contribution in [0.1, 0.15) is 40.1 Å². The number of rotatable bonds is 8. The number of benzene rings is 3. The Morgan fingerprint density at radius 1 is 1.09 bits per heavy atom. The average Bonchev–Trinajstić information content (AvgIpc) is 3.69. The standard InChI is InChI=1S/C34H24BrN3O4S2/c1-2-41-33(40)29-30(24-7-4-3-5-8-24)37-34-38(31(29)27-9-6-16-43-27)32(39)28(44-34)18-23-14-15-26(25(35)17-23)42-20-22-12-10-21(19-36)11-13-22/h3-18,31H,2,20H2,1H3/b28-18-/t31-/m0/s1. The first-order valence-electron chi connectivity index (χ1n) is 13.7. The van der Waals surface area contributed by atoms with Gasteiger partial charge in [-0.2, -0.15) is 5.26 Å². The minimum Gasteiger partial charge on any atom is -0.488 e. The van der Waals surface area contributed by atoms with Crippen molar-refractivity contribution < 1.29 is 14.3 Å². The summed E-state index contributed by atoms with van der Waals surface area (Å²) in [5.41, 5.74) is 3.72. The molecule has 0 unspecified atom stereocenters. The fourth-order valence-corrected chi connectivity index (χ4v) is 7.20. The zero-order valence-corrected chi connectivity index (χ0v) is 26.6. The van der Waals surface area contributed by atoms with Crippen LogP contribution in [-0.4, -0.2) is 17.1 Å². The van der Waals surface area contributed by atoms with Gasteiger partial charge in [0.25, 0.3) is 5.56 Å². The summed E-state index contributed by atoms with van der Waals surface area (Å²) in [6.45, 7) is 2.31. The molecule has 1 aliphatic rings. The monoisotopic (exact) mass is 681 g/mol. The van der Waals surface area contributed by atoms with Gasteiger partial charge in [-0.3, -0.25) is 9.36 Å². The van der Waals surface area contributed by atoms with Crippen LogP contribution in [0.4, 0.5) is 0 Å². The van der Waals surface area contributed by atoms with Crippen molar-refractivity contribution in [2.45, 2.75) is 19.6 Å². The number of hydrogen-bond donors (Lipinski definition) is 0. The normalized spacial score (nSPS) is 14.5. The summed E-state index contributed by atoms with van der Waals surface area (Å²) in [5.74, 6) is 0.153. The first-order chi connectivity index (χ1) is 21.5. The number of carbonyl (C=O) groups is 1. The molecule has 6 rings (SSSR count). The van der Waals surface area contributed by atoms with Gasteiger partial charge in [0.2, 0.25) is 0 Å². The second kappa shape index (κ2) is 13.0. The average molecular weight is 683 g/mol. The van der Waals surface area contributed by atoms with Gasteiger partial charge in [-0.15, -0.1) is 11.3 Å². The highest BCUT2D eigenvalue weighted by atomic mass is 79.9. The number of ether oxygens (including phenoxy) is 2. The van der Waals surface area contributed by atoms with E-state index < -0.39 is 12.0 Å². The van der Waals surface area contributed by atoms with Gasteiger partial charge in [0.05, 0.1) is 38.5 Å². The molecular formula is C34H24BrN3O4S2. The summed E-state index contributed by atoms with van der Waals surface area (Å²) in [4.78, 5) is 33.7. The molecule has 5 aromatic rings. The van der Waals surface area contributed by atoms with Crippen LogP contribution in [0.25, 0.3) is 11.8 Å². The second-order valence-corrected chi connectivity index (χ2v) is 12.6. The third-order valence-corrected chi connectivity index (χ3v) is 9.44. The molecule has 0 bridgehead atoms. The van der Waals surface area contributed by atoms with Crippen molar-refractivity contribution >= 4 is 56.3 Å².